The summed E-state index contributed by atoms with van der Waals surface area (Å²) in [5, 5.41) is 4.99. The normalized spacial score (nSPS) is 12.1. The average Bonchev–Trinajstić information content (AvgIpc) is 2.75. The minimum atomic E-state index is -1.37. The number of alkyl carbamates (subject to hydrolysis) is 1. The number of carbonyl (C=O) groups is 4. The first-order valence-electron chi connectivity index (χ1n) is 12.7. The Morgan fingerprint density at radius 1 is 0.850 bits per heavy atom. The van der Waals surface area contributed by atoms with Crippen LogP contribution in [-0.4, -0.2) is 60.0 Å². The van der Waals surface area contributed by atoms with Gasteiger partial charge in [-0.15, -0.1) is 6.42 Å². The van der Waals surface area contributed by atoms with Gasteiger partial charge in [-0.2, -0.15) is 0 Å². The highest BCUT2D eigenvalue weighted by Crippen LogP contribution is 2.22. The summed E-state index contributed by atoms with van der Waals surface area (Å²) < 4.78 is 21.1. The van der Waals surface area contributed by atoms with Gasteiger partial charge in [0.15, 0.2) is 5.78 Å². The fraction of sp³-hybridized carbons (Fsp3) is 0.533. The van der Waals surface area contributed by atoms with E-state index < -0.39 is 53.2 Å². The molecule has 0 spiro atoms. The van der Waals surface area contributed by atoms with E-state index in [2.05, 4.69) is 28.4 Å². The summed E-state index contributed by atoms with van der Waals surface area (Å²) >= 11 is 0. The van der Waals surface area contributed by atoms with Crippen LogP contribution in [-0.2, 0) is 23.7 Å². The first kappa shape index (κ1) is 34.0. The van der Waals surface area contributed by atoms with E-state index in [1.807, 2.05) is 0 Å². The molecule has 0 bridgehead atoms. The Morgan fingerprint density at radius 3 is 1.98 bits per heavy atom. The molecule has 0 aliphatic carbocycles. The molecule has 10 nitrogen and oxygen atoms in total. The Hall–Kier alpha value is -4.02. The maximum atomic E-state index is 13.6. The molecule has 0 unspecified atom stereocenters. The zero-order valence-electron chi connectivity index (χ0n) is 24.8. The molecule has 2 N–H and O–H groups in total. The van der Waals surface area contributed by atoms with Gasteiger partial charge in [-0.25, -0.2) is 14.4 Å². The number of anilines is 1. The summed E-state index contributed by atoms with van der Waals surface area (Å²) in [5.41, 5.74) is -1.88. The molecule has 0 aromatic heterocycles. The van der Waals surface area contributed by atoms with Crippen LogP contribution in [0.15, 0.2) is 18.2 Å². The quantitative estimate of drug-likeness (QED) is 0.153. The van der Waals surface area contributed by atoms with Gasteiger partial charge in [0, 0.05) is 17.5 Å². The minimum Gasteiger partial charge on any atom is -0.458 e. The summed E-state index contributed by atoms with van der Waals surface area (Å²) in [4.78, 5) is 51.5. The Morgan fingerprint density at radius 2 is 1.43 bits per heavy atom. The van der Waals surface area contributed by atoms with Crippen molar-refractivity contribution in [2.24, 2.45) is 0 Å². The molecular formula is C30H40N2O8. The van der Waals surface area contributed by atoms with Crippen LogP contribution < -0.4 is 10.6 Å². The fourth-order valence-corrected chi connectivity index (χ4v) is 2.99. The van der Waals surface area contributed by atoms with Crippen LogP contribution in [0.3, 0.4) is 0 Å². The third kappa shape index (κ3) is 14.2. The van der Waals surface area contributed by atoms with Crippen LogP contribution in [0, 0.1) is 24.2 Å². The van der Waals surface area contributed by atoms with Crippen molar-refractivity contribution in [1.82, 2.24) is 5.32 Å². The molecule has 0 saturated heterocycles. The molecule has 0 aliphatic heterocycles. The SMILES string of the molecule is C#CCOCC#Cc1ccc(NC(=O)OC(C)(C)C)c(C(=O)C[C@H](NC(=O)OC(C)(C)C)C(=O)OC(C)(C)C)c1. The Balaban J connectivity index is 3.38. The molecule has 0 saturated carbocycles. The highest BCUT2D eigenvalue weighted by molar-refractivity contribution is 6.06. The molecule has 10 heteroatoms. The smallest absolute Gasteiger partial charge is 0.412 e. The number of ether oxygens (including phenoxy) is 4. The molecule has 1 aromatic carbocycles. The van der Waals surface area contributed by atoms with Gasteiger partial charge in [0.25, 0.3) is 0 Å². The Bertz CT molecular complexity index is 1180. The monoisotopic (exact) mass is 556 g/mol. The lowest BCUT2D eigenvalue weighted by molar-refractivity contribution is -0.157. The second-order valence-corrected chi connectivity index (χ2v) is 11.7. The van der Waals surface area contributed by atoms with Gasteiger partial charge >= 0.3 is 18.2 Å². The zero-order chi connectivity index (χ0) is 30.7. The van der Waals surface area contributed by atoms with Gasteiger partial charge < -0.3 is 24.3 Å². The molecule has 1 aromatic rings. The predicted octanol–water partition coefficient (Wildman–Crippen LogP) is 4.84. The summed E-state index contributed by atoms with van der Waals surface area (Å²) in [6, 6.07) is 3.18. The summed E-state index contributed by atoms with van der Waals surface area (Å²) in [6.07, 6.45) is 2.99. The number of hydrogen-bond donors (Lipinski definition) is 2. The second-order valence-electron chi connectivity index (χ2n) is 11.7. The standard InChI is InChI=1S/C30H40N2O8/c1-11-16-37-17-12-13-20-14-15-22(31-26(35)39-29(5,6)7)21(18-20)24(33)19-23(25(34)38-28(2,3)4)32-27(36)40-30(8,9)10/h1,14-15,18,23H,16-17,19H2,2-10H3,(H,31,35)(H,32,36)/t23-/m0/s1. The van der Waals surface area contributed by atoms with Crippen LogP contribution in [0.2, 0.25) is 0 Å². The molecule has 2 amide bonds. The average molecular weight is 557 g/mol. The summed E-state index contributed by atoms with van der Waals surface area (Å²) in [7, 11) is 0. The van der Waals surface area contributed by atoms with Crippen molar-refractivity contribution in [3.63, 3.8) is 0 Å². The van der Waals surface area contributed by atoms with E-state index in [1.54, 1.807) is 68.4 Å². The lowest BCUT2D eigenvalue weighted by Crippen LogP contribution is -2.47. The molecule has 0 aliphatic rings. The van der Waals surface area contributed by atoms with Crippen molar-refractivity contribution in [3.8, 4) is 24.2 Å². The van der Waals surface area contributed by atoms with E-state index in [9.17, 15) is 19.2 Å². The summed E-state index contributed by atoms with van der Waals surface area (Å²) in [6.45, 7) is 15.3. The molecule has 1 atom stereocenters. The van der Waals surface area contributed by atoms with Crippen molar-refractivity contribution in [1.29, 1.82) is 0 Å². The van der Waals surface area contributed by atoms with Gasteiger partial charge in [-0.05, 0) is 80.5 Å². The summed E-state index contributed by atoms with van der Waals surface area (Å²) in [5.74, 6) is 6.58. The first-order valence-corrected chi connectivity index (χ1v) is 12.7. The molecule has 40 heavy (non-hydrogen) atoms. The lowest BCUT2D eigenvalue weighted by Gasteiger charge is -2.26. The third-order valence-electron chi connectivity index (χ3n) is 4.32. The minimum absolute atomic E-state index is 0.0433. The number of benzene rings is 1. The number of Topliss-reactive ketones (excluding diaryl/α,β-unsaturated/α-hetero) is 1. The van der Waals surface area contributed by atoms with Gasteiger partial charge in [0.2, 0.25) is 0 Å². The van der Waals surface area contributed by atoms with Gasteiger partial charge in [0.05, 0.1) is 5.69 Å². The molecule has 0 radical (unpaired) electrons. The predicted molar refractivity (Wildman–Crippen MR) is 151 cm³/mol. The third-order valence-corrected chi connectivity index (χ3v) is 4.32. The second kappa shape index (κ2) is 14.4. The Labute approximate surface area is 236 Å². The number of esters is 1. The molecule has 218 valence electrons. The van der Waals surface area contributed by atoms with Gasteiger partial charge in [0.1, 0.15) is 36.1 Å². The number of nitrogens with one attached hydrogen (secondary N) is 2. The van der Waals surface area contributed by atoms with E-state index in [0.29, 0.717) is 5.56 Å². The van der Waals surface area contributed by atoms with Crippen molar-refractivity contribution in [2.45, 2.75) is 91.6 Å². The number of hydrogen-bond acceptors (Lipinski definition) is 8. The van der Waals surface area contributed by atoms with Crippen LogP contribution in [0.1, 0.15) is 84.7 Å². The topological polar surface area (TPSA) is 129 Å². The number of terminal acetylenes is 1. The maximum Gasteiger partial charge on any atom is 0.412 e. The highest BCUT2D eigenvalue weighted by atomic mass is 16.6. The zero-order valence-corrected chi connectivity index (χ0v) is 24.8. The van der Waals surface area contributed by atoms with E-state index >= 15 is 0 Å². The van der Waals surface area contributed by atoms with Crippen molar-refractivity contribution in [2.75, 3.05) is 18.5 Å². The molecular weight excluding hydrogens is 516 g/mol. The van der Waals surface area contributed by atoms with Crippen LogP contribution >= 0.6 is 0 Å². The van der Waals surface area contributed by atoms with E-state index in [4.69, 9.17) is 25.4 Å². The van der Waals surface area contributed by atoms with E-state index in [-0.39, 0.29) is 24.5 Å². The van der Waals surface area contributed by atoms with E-state index in [1.165, 1.54) is 12.1 Å². The van der Waals surface area contributed by atoms with Gasteiger partial charge in [-0.1, -0.05) is 17.8 Å². The molecule has 1 rings (SSSR count). The van der Waals surface area contributed by atoms with Crippen molar-refractivity contribution in [3.05, 3.63) is 29.3 Å². The van der Waals surface area contributed by atoms with Crippen molar-refractivity contribution >= 4 is 29.6 Å². The number of rotatable bonds is 8. The van der Waals surface area contributed by atoms with Crippen LogP contribution in [0.5, 0.6) is 0 Å². The molecule has 0 fully saturated rings. The molecule has 0 heterocycles. The van der Waals surface area contributed by atoms with E-state index in [0.717, 1.165) is 0 Å². The number of amides is 2. The number of carbonyl (C=O) groups excluding carboxylic acids is 4. The van der Waals surface area contributed by atoms with Crippen LogP contribution in [0.25, 0.3) is 0 Å². The Kier molecular flexibility index (Phi) is 12.2. The van der Waals surface area contributed by atoms with Gasteiger partial charge in [-0.3, -0.25) is 10.1 Å². The van der Waals surface area contributed by atoms with Crippen molar-refractivity contribution < 1.29 is 38.1 Å². The maximum absolute atomic E-state index is 13.6. The lowest BCUT2D eigenvalue weighted by atomic mass is 9.99. The van der Waals surface area contributed by atoms with Crippen LogP contribution in [0.4, 0.5) is 15.3 Å². The largest absolute Gasteiger partial charge is 0.458 e. The number of ketones is 1. The highest BCUT2D eigenvalue weighted by Gasteiger charge is 2.32. The first-order chi connectivity index (χ1) is 18.3. The fourth-order valence-electron chi connectivity index (χ4n) is 2.99.